The molecule has 0 saturated carbocycles. The Morgan fingerprint density at radius 2 is 1.89 bits per heavy atom. The Morgan fingerprint density at radius 3 is 2.44 bits per heavy atom. The SMILES string of the molecule is CCCN(CCOCC(F)(F)F)C1CCNCC1. The highest BCUT2D eigenvalue weighted by Gasteiger charge is 2.27. The van der Waals surface area contributed by atoms with Crippen molar-refractivity contribution in [2.45, 2.75) is 38.4 Å². The molecule has 0 spiro atoms. The molecule has 108 valence electrons. The summed E-state index contributed by atoms with van der Waals surface area (Å²) in [5, 5.41) is 3.29. The average molecular weight is 268 g/mol. The molecular weight excluding hydrogens is 245 g/mol. The maximum Gasteiger partial charge on any atom is 0.411 e. The minimum Gasteiger partial charge on any atom is -0.371 e. The summed E-state index contributed by atoms with van der Waals surface area (Å²) in [4.78, 5) is 2.26. The highest BCUT2D eigenvalue weighted by Crippen LogP contribution is 2.15. The highest BCUT2D eigenvalue weighted by molar-refractivity contribution is 4.77. The largest absolute Gasteiger partial charge is 0.411 e. The summed E-state index contributed by atoms with van der Waals surface area (Å²) in [6.07, 6.45) is -1.06. The molecule has 0 atom stereocenters. The fraction of sp³-hybridized carbons (Fsp3) is 1.00. The molecule has 18 heavy (non-hydrogen) atoms. The first-order chi connectivity index (χ1) is 8.53. The Hall–Kier alpha value is -0.330. The first-order valence-electron chi connectivity index (χ1n) is 6.62. The van der Waals surface area contributed by atoms with Crippen molar-refractivity contribution in [3.05, 3.63) is 0 Å². The number of rotatable bonds is 7. The molecule has 1 aliphatic heterocycles. The Kier molecular flexibility index (Phi) is 6.96. The standard InChI is InChI=1S/C12H23F3N2O/c1-2-7-17(11-3-5-16-6-4-11)8-9-18-10-12(13,14)15/h11,16H,2-10H2,1H3. The van der Waals surface area contributed by atoms with Gasteiger partial charge < -0.3 is 10.1 Å². The Labute approximate surface area is 107 Å². The van der Waals surface area contributed by atoms with Crippen LogP contribution >= 0.6 is 0 Å². The molecule has 0 amide bonds. The van der Waals surface area contributed by atoms with Crippen LogP contribution in [0.25, 0.3) is 0 Å². The summed E-state index contributed by atoms with van der Waals surface area (Å²) in [6.45, 7) is 4.62. The summed E-state index contributed by atoms with van der Waals surface area (Å²) in [6, 6.07) is 0.487. The quantitative estimate of drug-likeness (QED) is 0.715. The van der Waals surface area contributed by atoms with Crippen molar-refractivity contribution in [2.24, 2.45) is 0 Å². The van der Waals surface area contributed by atoms with Gasteiger partial charge in [-0.05, 0) is 38.9 Å². The van der Waals surface area contributed by atoms with E-state index in [0.29, 0.717) is 12.6 Å². The molecule has 0 radical (unpaired) electrons. The van der Waals surface area contributed by atoms with Gasteiger partial charge in [0.25, 0.3) is 0 Å². The fourth-order valence-corrected chi connectivity index (χ4v) is 2.31. The number of hydrogen-bond acceptors (Lipinski definition) is 3. The molecule has 1 fully saturated rings. The number of nitrogens with zero attached hydrogens (tertiary/aromatic N) is 1. The molecule has 0 bridgehead atoms. The second-order valence-corrected chi connectivity index (χ2v) is 4.68. The highest BCUT2D eigenvalue weighted by atomic mass is 19.4. The lowest BCUT2D eigenvalue weighted by molar-refractivity contribution is -0.174. The second-order valence-electron chi connectivity index (χ2n) is 4.68. The monoisotopic (exact) mass is 268 g/mol. The van der Waals surface area contributed by atoms with E-state index < -0.39 is 12.8 Å². The van der Waals surface area contributed by atoms with Crippen LogP contribution in [0.15, 0.2) is 0 Å². The van der Waals surface area contributed by atoms with Crippen LogP contribution in [0.3, 0.4) is 0 Å². The van der Waals surface area contributed by atoms with E-state index in [2.05, 4.69) is 21.9 Å². The first-order valence-corrected chi connectivity index (χ1v) is 6.62. The van der Waals surface area contributed by atoms with Crippen LogP contribution in [-0.4, -0.2) is 56.5 Å². The summed E-state index contributed by atoms with van der Waals surface area (Å²) < 4.78 is 40.5. The summed E-state index contributed by atoms with van der Waals surface area (Å²) in [5.41, 5.74) is 0. The average Bonchev–Trinajstić information content (AvgIpc) is 2.33. The number of ether oxygens (including phenoxy) is 1. The zero-order valence-corrected chi connectivity index (χ0v) is 10.9. The lowest BCUT2D eigenvalue weighted by atomic mass is 10.0. The van der Waals surface area contributed by atoms with Crippen LogP contribution in [0.2, 0.25) is 0 Å². The van der Waals surface area contributed by atoms with E-state index in [-0.39, 0.29) is 6.61 Å². The Balaban J connectivity index is 2.24. The van der Waals surface area contributed by atoms with Crippen molar-refractivity contribution < 1.29 is 17.9 Å². The molecule has 0 aromatic rings. The smallest absolute Gasteiger partial charge is 0.371 e. The van der Waals surface area contributed by atoms with E-state index in [1.165, 1.54) is 0 Å². The molecule has 1 N–H and O–H groups in total. The van der Waals surface area contributed by atoms with Crippen molar-refractivity contribution in [3.8, 4) is 0 Å². The Morgan fingerprint density at radius 1 is 1.22 bits per heavy atom. The van der Waals surface area contributed by atoms with Crippen LogP contribution in [-0.2, 0) is 4.74 Å². The number of nitrogens with one attached hydrogen (secondary N) is 1. The molecular formula is C12H23F3N2O. The van der Waals surface area contributed by atoms with Gasteiger partial charge >= 0.3 is 6.18 Å². The van der Waals surface area contributed by atoms with Crippen LogP contribution in [0.1, 0.15) is 26.2 Å². The summed E-state index contributed by atoms with van der Waals surface area (Å²) in [7, 11) is 0. The second kappa shape index (κ2) is 7.96. The zero-order chi connectivity index (χ0) is 13.4. The molecule has 3 nitrogen and oxygen atoms in total. The minimum absolute atomic E-state index is 0.156. The van der Waals surface area contributed by atoms with Crippen molar-refractivity contribution in [1.29, 1.82) is 0 Å². The predicted octanol–water partition coefficient (Wildman–Crippen LogP) is 2.03. The van der Waals surface area contributed by atoms with Crippen LogP contribution in [0.4, 0.5) is 13.2 Å². The number of piperidine rings is 1. The topological polar surface area (TPSA) is 24.5 Å². The van der Waals surface area contributed by atoms with E-state index >= 15 is 0 Å². The van der Waals surface area contributed by atoms with E-state index in [1.54, 1.807) is 0 Å². The third-order valence-corrected chi connectivity index (χ3v) is 3.12. The lowest BCUT2D eigenvalue weighted by Gasteiger charge is -2.34. The van der Waals surface area contributed by atoms with Gasteiger partial charge in [-0.3, -0.25) is 4.90 Å². The lowest BCUT2D eigenvalue weighted by Crippen LogP contribution is -2.44. The minimum atomic E-state index is -4.22. The first kappa shape index (κ1) is 15.7. The number of hydrogen-bond donors (Lipinski definition) is 1. The van der Waals surface area contributed by atoms with E-state index in [4.69, 9.17) is 0 Å². The molecule has 1 saturated heterocycles. The van der Waals surface area contributed by atoms with Crippen LogP contribution in [0.5, 0.6) is 0 Å². The van der Waals surface area contributed by atoms with Crippen molar-refractivity contribution >= 4 is 0 Å². The van der Waals surface area contributed by atoms with Gasteiger partial charge in [0.15, 0.2) is 0 Å². The van der Waals surface area contributed by atoms with Gasteiger partial charge in [0, 0.05) is 12.6 Å². The number of alkyl halides is 3. The van der Waals surface area contributed by atoms with Gasteiger partial charge in [-0.1, -0.05) is 6.92 Å². The van der Waals surface area contributed by atoms with Gasteiger partial charge in [-0.2, -0.15) is 13.2 Å². The maximum absolute atomic E-state index is 11.9. The molecule has 1 heterocycles. The fourth-order valence-electron chi connectivity index (χ4n) is 2.31. The van der Waals surface area contributed by atoms with Crippen LogP contribution in [0, 0.1) is 0 Å². The molecule has 1 aliphatic rings. The van der Waals surface area contributed by atoms with Crippen LogP contribution < -0.4 is 5.32 Å². The van der Waals surface area contributed by atoms with Gasteiger partial charge in [-0.15, -0.1) is 0 Å². The van der Waals surface area contributed by atoms with Gasteiger partial charge in [0.05, 0.1) is 6.61 Å². The van der Waals surface area contributed by atoms with E-state index in [1.807, 2.05) is 0 Å². The summed E-state index contributed by atoms with van der Waals surface area (Å²) >= 11 is 0. The van der Waals surface area contributed by atoms with Crippen molar-refractivity contribution in [1.82, 2.24) is 10.2 Å². The van der Waals surface area contributed by atoms with Crippen molar-refractivity contribution in [2.75, 3.05) is 39.4 Å². The summed E-state index contributed by atoms with van der Waals surface area (Å²) in [5.74, 6) is 0. The normalized spacial score (nSPS) is 18.5. The molecule has 6 heteroatoms. The third kappa shape index (κ3) is 6.56. The van der Waals surface area contributed by atoms with E-state index in [0.717, 1.165) is 38.9 Å². The molecule has 0 aliphatic carbocycles. The molecule has 0 aromatic heterocycles. The van der Waals surface area contributed by atoms with Gasteiger partial charge in [-0.25, -0.2) is 0 Å². The third-order valence-electron chi connectivity index (χ3n) is 3.12. The Bertz CT molecular complexity index is 218. The van der Waals surface area contributed by atoms with Gasteiger partial charge in [0.2, 0.25) is 0 Å². The van der Waals surface area contributed by atoms with E-state index in [9.17, 15) is 13.2 Å². The molecule has 0 unspecified atom stereocenters. The maximum atomic E-state index is 11.9. The molecule has 0 aromatic carbocycles. The zero-order valence-electron chi connectivity index (χ0n) is 10.9. The molecule has 1 rings (SSSR count). The predicted molar refractivity (Wildman–Crippen MR) is 64.6 cm³/mol. The number of halogens is 3. The van der Waals surface area contributed by atoms with Gasteiger partial charge in [0.1, 0.15) is 6.61 Å². The van der Waals surface area contributed by atoms with Crippen molar-refractivity contribution in [3.63, 3.8) is 0 Å².